The summed E-state index contributed by atoms with van der Waals surface area (Å²) in [5.41, 5.74) is -0.728. The van der Waals surface area contributed by atoms with Crippen molar-refractivity contribution in [2.45, 2.75) is 123 Å². The molecule has 6 rings (SSSR count). The molecule has 6 nitrogen and oxygen atoms in total. The molecule has 0 radical (unpaired) electrons. The fourth-order valence-electron chi connectivity index (χ4n) is 10.2. The summed E-state index contributed by atoms with van der Waals surface area (Å²) in [6.07, 6.45) is 12.6. The van der Waals surface area contributed by atoms with Gasteiger partial charge in [0.1, 0.15) is 0 Å². The molecule has 0 aromatic heterocycles. The Labute approximate surface area is 234 Å². The minimum atomic E-state index is -1.14. The molecule has 0 aromatic carbocycles. The van der Waals surface area contributed by atoms with E-state index in [4.69, 9.17) is 4.74 Å². The first-order chi connectivity index (χ1) is 18.2. The number of ether oxygens (including phenoxy) is 1. The third kappa shape index (κ3) is 3.28. The highest BCUT2D eigenvalue weighted by atomic mass is 16.6. The summed E-state index contributed by atoms with van der Waals surface area (Å²) in [5, 5.41) is 22.8. The standard InChI is InChI=1S/C33H49NO5/c1-7-18-34(26(36)33-17-16-31(6,27(37)39-33)28(33,2)3)20-32(38)15-12-25-23-9-8-21-19-22(35)10-13-29(21,4)24(23)11-14-30(25,32)5/h8-9,22,24-25,35,38H,7,10-20H2,1-6H3/t22-,24-,25-,29-,30-,31-,32+,33+/m0/s1. The monoisotopic (exact) mass is 539 g/mol. The van der Waals surface area contributed by atoms with E-state index >= 15 is 0 Å². The van der Waals surface area contributed by atoms with Crippen molar-refractivity contribution in [3.63, 3.8) is 0 Å². The molecule has 1 heterocycles. The van der Waals surface area contributed by atoms with Gasteiger partial charge in [-0.3, -0.25) is 9.59 Å². The van der Waals surface area contributed by atoms with Gasteiger partial charge in [0.25, 0.3) is 5.91 Å². The number of carbonyl (C=O) groups is 2. The number of hydrogen-bond donors (Lipinski definition) is 2. The van der Waals surface area contributed by atoms with Gasteiger partial charge in [0, 0.05) is 17.4 Å². The van der Waals surface area contributed by atoms with Gasteiger partial charge in [-0.25, -0.2) is 0 Å². The van der Waals surface area contributed by atoms with Crippen LogP contribution in [0.4, 0.5) is 0 Å². The summed E-state index contributed by atoms with van der Waals surface area (Å²) in [6.45, 7) is 13.5. The Balaban J connectivity index is 1.29. The molecule has 216 valence electrons. The predicted molar refractivity (Wildman–Crippen MR) is 149 cm³/mol. The van der Waals surface area contributed by atoms with E-state index in [-0.39, 0.29) is 34.7 Å². The highest BCUT2D eigenvalue weighted by molar-refractivity contribution is 5.96. The van der Waals surface area contributed by atoms with E-state index < -0.39 is 22.0 Å². The van der Waals surface area contributed by atoms with Gasteiger partial charge in [0.2, 0.25) is 0 Å². The number of esters is 1. The highest BCUT2D eigenvalue weighted by Gasteiger charge is 2.76. The zero-order valence-corrected chi connectivity index (χ0v) is 24.9. The van der Waals surface area contributed by atoms with Crippen molar-refractivity contribution in [1.82, 2.24) is 4.90 Å². The molecule has 5 aliphatic carbocycles. The molecule has 0 spiro atoms. The number of aliphatic hydroxyl groups is 2. The number of aliphatic hydroxyl groups excluding tert-OH is 1. The lowest BCUT2D eigenvalue weighted by Crippen LogP contribution is -2.61. The number of amides is 1. The largest absolute Gasteiger partial charge is 0.448 e. The lowest BCUT2D eigenvalue weighted by Gasteiger charge is -2.56. The molecule has 1 aliphatic heterocycles. The van der Waals surface area contributed by atoms with Gasteiger partial charge in [0.05, 0.1) is 23.7 Å². The van der Waals surface area contributed by atoms with Crippen LogP contribution in [0.25, 0.3) is 0 Å². The Morgan fingerprint density at radius 1 is 1.00 bits per heavy atom. The first-order valence-corrected chi connectivity index (χ1v) is 15.5. The summed E-state index contributed by atoms with van der Waals surface area (Å²) in [7, 11) is 0. The first-order valence-electron chi connectivity index (χ1n) is 15.5. The number of fused-ring (bicyclic) bond motifs is 7. The Morgan fingerprint density at radius 2 is 1.72 bits per heavy atom. The van der Waals surface area contributed by atoms with Crippen molar-refractivity contribution in [3.8, 4) is 0 Å². The lowest BCUT2D eigenvalue weighted by atomic mass is 9.50. The fourth-order valence-corrected chi connectivity index (χ4v) is 10.2. The van der Waals surface area contributed by atoms with Crippen molar-refractivity contribution in [2.24, 2.45) is 33.5 Å². The summed E-state index contributed by atoms with van der Waals surface area (Å²) in [4.78, 5) is 29.1. The van der Waals surface area contributed by atoms with E-state index in [1.807, 2.05) is 25.7 Å². The quantitative estimate of drug-likeness (QED) is 0.462. The Bertz CT molecular complexity index is 1160. The molecule has 4 saturated carbocycles. The van der Waals surface area contributed by atoms with Crippen LogP contribution in [0.2, 0.25) is 0 Å². The van der Waals surface area contributed by atoms with Crippen LogP contribution in [-0.4, -0.2) is 57.4 Å². The Kier molecular flexibility index (Phi) is 5.95. The molecule has 8 atom stereocenters. The van der Waals surface area contributed by atoms with Crippen LogP contribution in [0.3, 0.4) is 0 Å². The molecule has 0 unspecified atom stereocenters. The van der Waals surface area contributed by atoms with E-state index in [1.165, 1.54) is 11.1 Å². The molecule has 0 aromatic rings. The molecular formula is C33H49NO5. The topological polar surface area (TPSA) is 87.1 Å². The lowest BCUT2D eigenvalue weighted by molar-refractivity contribution is -0.178. The third-order valence-corrected chi connectivity index (χ3v) is 13.5. The van der Waals surface area contributed by atoms with E-state index in [0.717, 1.165) is 44.9 Å². The number of carbonyl (C=O) groups excluding carboxylic acids is 2. The number of hydrogen-bond acceptors (Lipinski definition) is 5. The second-order valence-electron chi connectivity index (χ2n) is 15.2. The van der Waals surface area contributed by atoms with Crippen LogP contribution in [0.15, 0.2) is 23.3 Å². The van der Waals surface area contributed by atoms with Crippen LogP contribution >= 0.6 is 0 Å². The maximum absolute atomic E-state index is 14.4. The summed E-state index contributed by atoms with van der Waals surface area (Å²) in [6, 6.07) is 0. The van der Waals surface area contributed by atoms with Crippen LogP contribution < -0.4 is 0 Å². The maximum atomic E-state index is 14.4. The first kappa shape index (κ1) is 27.5. The Morgan fingerprint density at radius 3 is 2.36 bits per heavy atom. The van der Waals surface area contributed by atoms with Gasteiger partial charge >= 0.3 is 5.97 Å². The average molecular weight is 540 g/mol. The van der Waals surface area contributed by atoms with Gasteiger partial charge in [-0.1, -0.05) is 57.9 Å². The fraction of sp³-hybridized carbons (Fsp3) is 0.818. The molecule has 2 N–H and O–H groups in total. The van der Waals surface area contributed by atoms with Gasteiger partial charge in [0.15, 0.2) is 5.60 Å². The zero-order valence-electron chi connectivity index (χ0n) is 24.9. The number of allylic oxidation sites excluding steroid dienone is 3. The van der Waals surface area contributed by atoms with Crippen LogP contribution in [0.5, 0.6) is 0 Å². The second-order valence-corrected chi connectivity index (χ2v) is 15.2. The SMILES string of the molecule is CCCN(C[C@]1(O)CC[C@H]2C3=CC=C4C[C@@H](O)CC[C@]4(C)[C@H]3CC[C@@]21C)C(=O)[C@@]12CC[C@@](C)(C(=O)O1)C2(C)C. The van der Waals surface area contributed by atoms with Gasteiger partial charge in [-0.05, 0) is 88.4 Å². The minimum Gasteiger partial charge on any atom is -0.448 e. The second kappa shape index (κ2) is 8.44. The van der Waals surface area contributed by atoms with Crippen molar-refractivity contribution in [3.05, 3.63) is 23.3 Å². The summed E-state index contributed by atoms with van der Waals surface area (Å²) in [5.74, 6) is 0.382. The molecular weight excluding hydrogens is 490 g/mol. The smallest absolute Gasteiger partial charge is 0.313 e. The van der Waals surface area contributed by atoms with E-state index in [2.05, 4.69) is 32.9 Å². The molecule has 6 heteroatoms. The van der Waals surface area contributed by atoms with Crippen LogP contribution in [0, 0.1) is 33.5 Å². The summed E-state index contributed by atoms with van der Waals surface area (Å²) >= 11 is 0. The van der Waals surface area contributed by atoms with E-state index in [1.54, 1.807) is 0 Å². The molecule has 1 amide bonds. The predicted octanol–water partition coefficient (Wildman–Crippen LogP) is 5.32. The Hall–Kier alpha value is -1.66. The summed E-state index contributed by atoms with van der Waals surface area (Å²) < 4.78 is 5.98. The maximum Gasteiger partial charge on any atom is 0.313 e. The van der Waals surface area contributed by atoms with Crippen molar-refractivity contribution >= 4 is 11.9 Å². The molecule has 6 aliphatic rings. The van der Waals surface area contributed by atoms with Gasteiger partial charge in [-0.15, -0.1) is 0 Å². The zero-order chi connectivity index (χ0) is 28.2. The van der Waals surface area contributed by atoms with E-state index in [0.29, 0.717) is 38.3 Å². The van der Waals surface area contributed by atoms with Crippen LogP contribution in [-0.2, 0) is 14.3 Å². The third-order valence-electron chi connectivity index (χ3n) is 13.5. The van der Waals surface area contributed by atoms with Crippen LogP contribution in [0.1, 0.15) is 106 Å². The number of nitrogens with zero attached hydrogens (tertiary/aromatic N) is 1. The van der Waals surface area contributed by atoms with E-state index in [9.17, 15) is 19.8 Å². The van der Waals surface area contributed by atoms with Crippen molar-refractivity contribution in [2.75, 3.05) is 13.1 Å². The normalized spacial score (nSPS) is 47.5. The molecule has 5 fully saturated rings. The van der Waals surface area contributed by atoms with Gasteiger partial charge in [-0.2, -0.15) is 0 Å². The molecule has 1 saturated heterocycles. The minimum absolute atomic E-state index is 0.0990. The highest BCUT2D eigenvalue weighted by Crippen LogP contribution is 2.68. The molecule has 2 bridgehead atoms. The van der Waals surface area contributed by atoms with Crippen molar-refractivity contribution in [1.29, 1.82) is 0 Å². The van der Waals surface area contributed by atoms with Gasteiger partial charge < -0.3 is 19.8 Å². The number of rotatable bonds is 5. The average Bonchev–Trinajstić information content (AvgIpc) is 3.32. The molecule has 39 heavy (non-hydrogen) atoms. The van der Waals surface area contributed by atoms with Crippen molar-refractivity contribution < 1.29 is 24.5 Å².